The molecule has 0 radical (unpaired) electrons. The van der Waals surface area contributed by atoms with Gasteiger partial charge in [0.15, 0.2) is 5.69 Å². The number of piperidine rings is 1. The van der Waals surface area contributed by atoms with Crippen LogP contribution in [0.5, 0.6) is 0 Å². The minimum atomic E-state index is -0.0161. The molecule has 6 heteroatoms. The van der Waals surface area contributed by atoms with Crippen molar-refractivity contribution >= 4 is 18.3 Å². The summed E-state index contributed by atoms with van der Waals surface area (Å²) in [6.45, 7) is 4.99. The van der Waals surface area contributed by atoms with E-state index in [-0.39, 0.29) is 18.3 Å². The smallest absolute Gasteiger partial charge is 0.272 e. The minimum absolute atomic E-state index is 0. The fourth-order valence-electron chi connectivity index (χ4n) is 4.13. The zero-order valence-electron chi connectivity index (χ0n) is 16.0. The van der Waals surface area contributed by atoms with Gasteiger partial charge in [-0.15, -0.1) is 12.4 Å². The summed E-state index contributed by atoms with van der Waals surface area (Å²) in [6.07, 6.45) is 6.46. The highest BCUT2D eigenvalue weighted by Gasteiger charge is 2.27. The molecule has 1 aromatic heterocycles. The van der Waals surface area contributed by atoms with Crippen molar-refractivity contribution in [2.75, 3.05) is 19.6 Å². The molecule has 4 rings (SSSR count). The average Bonchev–Trinajstić information content (AvgIpc) is 3.30. The van der Waals surface area contributed by atoms with E-state index in [1.54, 1.807) is 0 Å². The number of halogens is 1. The van der Waals surface area contributed by atoms with Crippen LogP contribution in [-0.2, 0) is 19.3 Å². The number of carbonyl (C=O) groups excluding carboxylic acids is 1. The molecule has 27 heavy (non-hydrogen) atoms. The van der Waals surface area contributed by atoms with E-state index in [0.717, 1.165) is 56.6 Å². The number of rotatable bonds is 5. The largest absolute Gasteiger partial charge is 0.350 e. The Kier molecular flexibility index (Phi) is 6.55. The molecule has 0 bridgehead atoms. The predicted octanol–water partition coefficient (Wildman–Crippen LogP) is 3.07. The van der Waals surface area contributed by atoms with Gasteiger partial charge in [0, 0.05) is 17.8 Å². The molecule has 1 unspecified atom stereocenters. The zero-order chi connectivity index (χ0) is 17.9. The lowest BCUT2D eigenvalue weighted by Crippen LogP contribution is -2.38. The highest BCUT2D eigenvalue weighted by molar-refractivity contribution is 5.94. The number of nitrogens with zero attached hydrogens (tertiary/aromatic N) is 2. The Balaban J connectivity index is 0.00000210. The Morgan fingerprint density at radius 1 is 1.26 bits per heavy atom. The van der Waals surface area contributed by atoms with Gasteiger partial charge in [-0.25, -0.2) is 4.68 Å². The molecular formula is C21H29ClN4O. The lowest BCUT2D eigenvalue weighted by atomic mass is 10.00. The van der Waals surface area contributed by atoms with E-state index in [4.69, 9.17) is 5.10 Å². The molecule has 0 spiro atoms. The summed E-state index contributed by atoms with van der Waals surface area (Å²) in [5.74, 6) is 0.516. The number of benzene rings is 1. The van der Waals surface area contributed by atoms with Crippen LogP contribution in [0.25, 0.3) is 5.69 Å². The fraction of sp³-hybridized carbons (Fsp3) is 0.524. The molecule has 1 aliphatic carbocycles. The lowest BCUT2D eigenvalue weighted by Gasteiger charge is -2.22. The summed E-state index contributed by atoms with van der Waals surface area (Å²) in [7, 11) is 0. The van der Waals surface area contributed by atoms with E-state index in [1.165, 1.54) is 24.1 Å². The maximum atomic E-state index is 12.8. The molecule has 1 fully saturated rings. The summed E-state index contributed by atoms with van der Waals surface area (Å²) in [6, 6.07) is 8.52. The minimum Gasteiger partial charge on any atom is -0.350 e. The second-order valence-electron chi connectivity index (χ2n) is 7.48. The summed E-state index contributed by atoms with van der Waals surface area (Å²) in [4.78, 5) is 12.8. The third-order valence-electron chi connectivity index (χ3n) is 5.68. The molecule has 1 saturated heterocycles. The fourth-order valence-corrected chi connectivity index (χ4v) is 4.13. The van der Waals surface area contributed by atoms with Gasteiger partial charge in [-0.05, 0) is 75.2 Å². The van der Waals surface area contributed by atoms with Crippen molar-refractivity contribution in [1.29, 1.82) is 0 Å². The van der Waals surface area contributed by atoms with Crippen LogP contribution in [0.1, 0.15) is 53.5 Å². The molecule has 0 saturated carbocycles. The van der Waals surface area contributed by atoms with Crippen molar-refractivity contribution < 1.29 is 4.79 Å². The normalized spacial score (nSPS) is 18.6. The zero-order valence-corrected chi connectivity index (χ0v) is 16.8. The topological polar surface area (TPSA) is 59.0 Å². The van der Waals surface area contributed by atoms with Gasteiger partial charge in [-0.2, -0.15) is 5.10 Å². The Morgan fingerprint density at radius 2 is 2.07 bits per heavy atom. The quantitative estimate of drug-likeness (QED) is 0.827. The van der Waals surface area contributed by atoms with Gasteiger partial charge < -0.3 is 10.6 Å². The van der Waals surface area contributed by atoms with Crippen molar-refractivity contribution in [2.45, 2.75) is 45.4 Å². The molecular weight excluding hydrogens is 360 g/mol. The number of hydrogen-bond donors (Lipinski definition) is 2. The van der Waals surface area contributed by atoms with E-state index in [2.05, 4.69) is 41.8 Å². The molecule has 1 aromatic carbocycles. The van der Waals surface area contributed by atoms with E-state index >= 15 is 0 Å². The van der Waals surface area contributed by atoms with Crippen molar-refractivity contribution in [3.63, 3.8) is 0 Å². The van der Waals surface area contributed by atoms with Crippen molar-refractivity contribution in [2.24, 2.45) is 5.92 Å². The second kappa shape index (κ2) is 8.89. The first-order valence-electron chi connectivity index (χ1n) is 9.95. The Labute approximate surface area is 167 Å². The third-order valence-corrected chi connectivity index (χ3v) is 5.68. The number of amides is 1. The number of hydrogen-bond acceptors (Lipinski definition) is 3. The van der Waals surface area contributed by atoms with Crippen LogP contribution in [0.3, 0.4) is 0 Å². The molecule has 2 aromatic rings. The van der Waals surface area contributed by atoms with E-state index in [1.807, 2.05) is 4.68 Å². The average molecular weight is 389 g/mol. The lowest BCUT2D eigenvalue weighted by molar-refractivity contribution is 0.0938. The molecule has 1 aliphatic heterocycles. The van der Waals surface area contributed by atoms with Crippen LogP contribution in [0.2, 0.25) is 0 Å². The van der Waals surface area contributed by atoms with E-state index in [9.17, 15) is 4.79 Å². The molecule has 146 valence electrons. The van der Waals surface area contributed by atoms with Gasteiger partial charge in [0.2, 0.25) is 0 Å². The number of aromatic nitrogens is 2. The van der Waals surface area contributed by atoms with Gasteiger partial charge in [-0.3, -0.25) is 4.79 Å². The van der Waals surface area contributed by atoms with Crippen molar-refractivity contribution in [3.8, 4) is 5.69 Å². The van der Waals surface area contributed by atoms with Crippen LogP contribution in [0.15, 0.2) is 24.3 Å². The number of fused-ring (bicyclic) bond motifs is 1. The van der Waals surface area contributed by atoms with Crippen molar-refractivity contribution in [3.05, 3.63) is 46.8 Å². The van der Waals surface area contributed by atoms with Crippen molar-refractivity contribution in [1.82, 2.24) is 20.4 Å². The van der Waals surface area contributed by atoms with Gasteiger partial charge in [0.25, 0.3) is 5.91 Å². The van der Waals surface area contributed by atoms with Gasteiger partial charge in [0.05, 0.1) is 5.69 Å². The maximum absolute atomic E-state index is 12.8. The van der Waals surface area contributed by atoms with E-state index < -0.39 is 0 Å². The number of nitrogens with one attached hydrogen (secondary N) is 2. The van der Waals surface area contributed by atoms with Gasteiger partial charge in [-0.1, -0.05) is 19.1 Å². The second-order valence-corrected chi connectivity index (χ2v) is 7.48. The van der Waals surface area contributed by atoms with Crippen LogP contribution < -0.4 is 10.6 Å². The van der Waals surface area contributed by atoms with Gasteiger partial charge in [0.1, 0.15) is 0 Å². The van der Waals surface area contributed by atoms with Crippen LogP contribution in [-0.4, -0.2) is 35.3 Å². The Hall–Kier alpha value is -1.85. The summed E-state index contributed by atoms with van der Waals surface area (Å²) >= 11 is 0. The summed E-state index contributed by atoms with van der Waals surface area (Å²) in [5.41, 5.74) is 5.34. The predicted molar refractivity (Wildman–Crippen MR) is 110 cm³/mol. The number of carbonyl (C=O) groups is 1. The first-order valence-corrected chi connectivity index (χ1v) is 9.95. The first-order chi connectivity index (χ1) is 12.8. The molecule has 2 heterocycles. The SMILES string of the molecule is CCc1ccc(-n2nc(C(=O)NCC3CCCNC3)c3c2CCC3)cc1.Cl. The molecule has 2 N–H and O–H groups in total. The standard InChI is InChI=1S/C21H28N4O.ClH/c1-2-15-8-10-17(11-9-15)25-19-7-3-6-18(19)20(24-25)21(26)23-14-16-5-4-12-22-13-16;/h8-11,16,22H,2-7,12-14H2,1H3,(H,23,26);1H. The molecule has 5 nitrogen and oxygen atoms in total. The summed E-state index contributed by atoms with van der Waals surface area (Å²) in [5, 5.41) is 11.2. The van der Waals surface area contributed by atoms with Gasteiger partial charge >= 0.3 is 0 Å². The Morgan fingerprint density at radius 3 is 2.78 bits per heavy atom. The molecule has 1 amide bonds. The highest BCUT2D eigenvalue weighted by atomic mass is 35.5. The maximum Gasteiger partial charge on any atom is 0.272 e. The summed E-state index contributed by atoms with van der Waals surface area (Å²) < 4.78 is 1.98. The first kappa shape index (κ1) is 19.9. The number of aryl methyl sites for hydroxylation is 1. The monoisotopic (exact) mass is 388 g/mol. The molecule has 2 aliphatic rings. The van der Waals surface area contributed by atoms with Crippen LogP contribution in [0.4, 0.5) is 0 Å². The highest BCUT2D eigenvalue weighted by Crippen LogP contribution is 2.28. The Bertz CT molecular complexity index is 778. The van der Waals surface area contributed by atoms with Crippen LogP contribution >= 0.6 is 12.4 Å². The van der Waals surface area contributed by atoms with Crippen LogP contribution in [0, 0.1) is 5.92 Å². The third kappa shape index (κ3) is 4.19. The van der Waals surface area contributed by atoms with E-state index in [0.29, 0.717) is 11.6 Å². The molecule has 1 atom stereocenters.